The van der Waals surface area contributed by atoms with Gasteiger partial charge in [-0.2, -0.15) is 4.31 Å². The van der Waals surface area contributed by atoms with E-state index in [1.165, 1.54) is 4.31 Å². The van der Waals surface area contributed by atoms with Gasteiger partial charge >= 0.3 is 0 Å². The quantitative estimate of drug-likeness (QED) is 0.865. The molecule has 27 heavy (non-hydrogen) atoms. The number of aryl methyl sites for hydroxylation is 1. The van der Waals surface area contributed by atoms with Crippen LogP contribution in [0, 0.1) is 24.5 Å². The van der Waals surface area contributed by atoms with Crippen LogP contribution in [0.2, 0.25) is 0 Å². The second-order valence-corrected chi connectivity index (χ2v) is 8.60. The van der Waals surface area contributed by atoms with Gasteiger partial charge in [-0.3, -0.25) is 4.79 Å². The Bertz CT molecular complexity index is 926. The molecule has 0 bridgehead atoms. The first-order valence-corrected chi connectivity index (χ1v) is 10.0. The average molecular weight is 394 g/mol. The summed E-state index contributed by atoms with van der Waals surface area (Å²) in [6.07, 6.45) is 1.03. The number of amides is 1. The van der Waals surface area contributed by atoms with Crippen LogP contribution in [-0.2, 0) is 14.8 Å². The van der Waals surface area contributed by atoms with E-state index in [9.17, 15) is 22.0 Å². The highest BCUT2D eigenvalue weighted by atomic mass is 32.2. The van der Waals surface area contributed by atoms with Crippen molar-refractivity contribution in [3.05, 3.63) is 59.7 Å². The molecule has 144 valence electrons. The summed E-state index contributed by atoms with van der Waals surface area (Å²) < 4.78 is 53.5. The highest BCUT2D eigenvalue weighted by molar-refractivity contribution is 7.89. The molecule has 2 aromatic rings. The normalized spacial score (nSPS) is 18.3. The maximum absolute atomic E-state index is 13.3. The molecule has 1 aliphatic rings. The van der Waals surface area contributed by atoms with E-state index in [2.05, 4.69) is 5.32 Å². The molecular formula is C19H20F2N2O3S. The number of sulfonamides is 1. The maximum atomic E-state index is 13.3. The fourth-order valence-corrected chi connectivity index (χ4v) is 4.63. The summed E-state index contributed by atoms with van der Waals surface area (Å²) in [7, 11) is -3.70. The van der Waals surface area contributed by atoms with Crippen LogP contribution in [0.3, 0.4) is 0 Å². The first-order valence-electron chi connectivity index (χ1n) is 8.59. The van der Waals surface area contributed by atoms with E-state index < -0.39 is 33.5 Å². The molecule has 2 aromatic carbocycles. The van der Waals surface area contributed by atoms with E-state index in [1.54, 1.807) is 24.3 Å². The Kier molecular flexibility index (Phi) is 5.57. The minimum Gasteiger partial charge on any atom is -0.326 e. The molecule has 1 N–H and O–H groups in total. The first-order chi connectivity index (χ1) is 12.8. The van der Waals surface area contributed by atoms with E-state index in [1.807, 2.05) is 6.92 Å². The molecule has 3 rings (SSSR count). The van der Waals surface area contributed by atoms with Crippen LogP contribution in [0.15, 0.2) is 47.4 Å². The summed E-state index contributed by atoms with van der Waals surface area (Å²) in [6, 6.07) is 9.29. The second kappa shape index (κ2) is 7.74. The Morgan fingerprint density at radius 3 is 2.37 bits per heavy atom. The van der Waals surface area contributed by atoms with Gasteiger partial charge in [0.05, 0.1) is 10.8 Å². The Labute approximate surface area is 157 Å². The van der Waals surface area contributed by atoms with E-state index in [-0.39, 0.29) is 17.1 Å². The molecule has 0 radical (unpaired) electrons. The van der Waals surface area contributed by atoms with Crippen LogP contribution in [0.1, 0.15) is 18.4 Å². The molecule has 5 nitrogen and oxygen atoms in total. The van der Waals surface area contributed by atoms with Crippen LogP contribution in [-0.4, -0.2) is 31.7 Å². The Hall–Kier alpha value is -2.32. The lowest BCUT2D eigenvalue weighted by molar-refractivity contribution is -0.120. The van der Waals surface area contributed by atoms with Crippen LogP contribution in [0.25, 0.3) is 0 Å². The molecule has 0 aromatic heterocycles. The fraction of sp³-hybridized carbons (Fsp3) is 0.316. The van der Waals surface area contributed by atoms with Gasteiger partial charge in [-0.1, -0.05) is 17.7 Å². The molecule has 1 saturated heterocycles. The molecule has 0 spiro atoms. The number of rotatable bonds is 4. The number of hydrogen-bond acceptors (Lipinski definition) is 3. The lowest BCUT2D eigenvalue weighted by Crippen LogP contribution is -2.43. The number of benzene rings is 2. The van der Waals surface area contributed by atoms with E-state index >= 15 is 0 Å². The Morgan fingerprint density at radius 2 is 1.74 bits per heavy atom. The lowest BCUT2D eigenvalue weighted by atomic mass is 9.98. The second-order valence-electron chi connectivity index (χ2n) is 6.66. The number of halogens is 2. The summed E-state index contributed by atoms with van der Waals surface area (Å²) in [4.78, 5) is 12.6. The molecule has 1 atom stereocenters. The third-order valence-electron chi connectivity index (χ3n) is 4.54. The standard InChI is InChI=1S/C19H20F2N2O3S/c1-13-4-6-18(7-5-13)27(25,26)23-8-2-3-14(12-23)19(24)22-17-10-15(20)9-16(21)11-17/h4-7,9-11,14H,2-3,8,12H2,1H3,(H,22,24). The van der Waals surface area contributed by atoms with Gasteiger partial charge in [0.2, 0.25) is 15.9 Å². The number of nitrogens with zero attached hydrogens (tertiary/aromatic N) is 1. The Morgan fingerprint density at radius 1 is 1.11 bits per heavy atom. The van der Waals surface area contributed by atoms with Gasteiger partial charge in [-0.05, 0) is 44.0 Å². The zero-order valence-electron chi connectivity index (χ0n) is 14.8. The summed E-state index contributed by atoms with van der Waals surface area (Å²) >= 11 is 0. The summed E-state index contributed by atoms with van der Waals surface area (Å²) in [5.74, 6) is -2.64. The van der Waals surface area contributed by atoms with Crippen molar-refractivity contribution in [2.45, 2.75) is 24.7 Å². The predicted octanol–water partition coefficient (Wildman–Crippen LogP) is 3.31. The average Bonchev–Trinajstić information content (AvgIpc) is 2.61. The van der Waals surface area contributed by atoms with Crippen molar-refractivity contribution in [3.8, 4) is 0 Å². The van der Waals surface area contributed by atoms with E-state index in [0.29, 0.717) is 25.5 Å². The number of anilines is 1. The minimum atomic E-state index is -3.70. The monoisotopic (exact) mass is 394 g/mol. The van der Waals surface area contributed by atoms with Crippen molar-refractivity contribution in [1.29, 1.82) is 0 Å². The van der Waals surface area contributed by atoms with Gasteiger partial charge in [0, 0.05) is 24.8 Å². The number of nitrogens with one attached hydrogen (secondary N) is 1. The van der Waals surface area contributed by atoms with Crippen LogP contribution in [0.4, 0.5) is 14.5 Å². The molecule has 1 aliphatic heterocycles. The topological polar surface area (TPSA) is 66.5 Å². The third kappa shape index (κ3) is 4.51. The molecule has 8 heteroatoms. The summed E-state index contributed by atoms with van der Waals surface area (Å²) in [5, 5.41) is 2.47. The van der Waals surface area contributed by atoms with Gasteiger partial charge in [-0.15, -0.1) is 0 Å². The minimum absolute atomic E-state index is 0.0102. The maximum Gasteiger partial charge on any atom is 0.243 e. The summed E-state index contributed by atoms with van der Waals surface area (Å²) in [5.41, 5.74) is 0.961. The predicted molar refractivity (Wildman–Crippen MR) is 97.6 cm³/mol. The number of hydrogen-bond donors (Lipinski definition) is 1. The van der Waals surface area contributed by atoms with Crippen LogP contribution < -0.4 is 5.32 Å². The van der Waals surface area contributed by atoms with E-state index in [4.69, 9.17) is 0 Å². The zero-order chi connectivity index (χ0) is 19.6. The van der Waals surface area contributed by atoms with Gasteiger partial charge in [-0.25, -0.2) is 17.2 Å². The highest BCUT2D eigenvalue weighted by Crippen LogP contribution is 2.25. The number of carbonyl (C=O) groups is 1. The zero-order valence-corrected chi connectivity index (χ0v) is 15.6. The van der Waals surface area contributed by atoms with Crippen molar-refractivity contribution in [2.24, 2.45) is 5.92 Å². The van der Waals surface area contributed by atoms with Gasteiger partial charge in [0.15, 0.2) is 0 Å². The van der Waals surface area contributed by atoms with E-state index in [0.717, 1.165) is 17.7 Å². The highest BCUT2D eigenvalue weighted by Gasteiger charge is 2.33. The first kappa shape index (κ1) is 19.4. The third-order valence-corrected chi connectivity index (χ3v) is 6.42. The molecular weight excluding hydrogens is 374 g/mol. The van der Waals surface area contributed by atoms with Crippen LogP contribution >= 0.6 is 0 Å². The Balaban J connectivity index is 1.73. The molecule has 1 unspecified atom stereocenters. The fourth-order valence-electron chi connectivity index (χ4n) is 3.10. The van der Waals surface area contributed by atoms with Gasteiger partial charge in [0.25, 0.3) is 0 Å². The smallest absolute Gasteiger partial charge is 0.243 e. The van der Waals surface area contributed by atoms with Gasteiger partial charge in [0.1, 0.15) is 11.6 Å². The van der Waals surface area contributed by atoms with Crippen molar-refractivity contribution in [1.82, 2.24) is 4.31 Å². The molecule has 1 fully saturated rings. The van der Waals surface area contributed by atoms with Crippen molar-refractivity contribution in [3.63, 3.8) is 0 Å². The number of carbonyl (C=O) groups excluding carboxylic acids is 1. The summed E-state index contributed by atoms with van der Waals surface area (Å²) in [6.45, 7) is 2.22. The van der Waals surface area contributed by atoms with Crippen molar-refractivity contribution >= 4 is 21.6 Å². The molecule has 1 heterocycles. The largest absolute Gasteiger partial charge is 0.326 e. The molecule has 0 aliphatic carbocycles. The molecule has 1 amide bonds. The van der Waals surface area contributed by atoms with Crippen LogP contribution in [0.5, 0.6) is 0 Å². The van der Waals surface area contributed by atoms with Crippen molar-refractivity contribution in [2.75, 3.05) is 18.4 Å². The number of piperidine rings is 1. The molecule has 0 saturated carbocycles. The van der Waals surface area contributed by atoms with Crippen molar-refractivity contribution < 1.29 is 22.0 Å². The SMILES string of the molecule is Cc1ccc(S(=O)(=O)N2CCCC(C(=O)Nc3cc(F)cc(F)c3)C2)cc1. The lowest BCUT2D eigenvalue weighted by Gasteiger charge is -2.31. The van der Waals surface area contributed by atoms with Gasteiger partial charge < -0.3 is 5.32 Å².